The Morgan fingerprint density at radius 3 is 2.61 bits per heavy atom. The van der Waals surface area contributed by atoms with Crippen LogP contribution in [-0.2, 0) is 19.9 Å². The molecule has 3 heteroatoms. The number of benzene rings is 1. The number of hydrogen-bond acceptors (Lipinski definition) is 2. The van der Waals surface area contributed by atoms with Gasteiger partial charge in [-0.25, -0.2) is 4.98 Å². The summed E-state index contributed by atoms with van der Waals surface area (Å²) in [4.78, 5) is 4.28. The minimum atomic E-state index is -0.687. The van der Waals surface area contributed by atoms with Gasteiger partial charge in [0.05, 0.1) is 5.60 Å². The lowest BCUT2D eigenvalue weighted by atomic mass is 9.92. The fourth-order valence-electron chi connectivity index (χ4n) is 2.14. The molecule has 0 fully saturated rings. The fraction of sp³-hybridized carbons (Fsp3) is 0.400. The van der Waals surface area contributed by atoms with Crippen LogP contribution < -0.4 is 0 Å². The Labute approximate surface area is 108 Å². The average molecular weight is 244 g/mol. The third kappa shape index (κ3) is 3.44. The summed E-state index contributed by atoms with van der Waals surface area (Å²) in [6, 6.07) is 10.1. The molecule has 1 aromatic heterocycles. The Hall–Kier alpha value is -1.61. The first-order valence-corrected chi connectivity index (χ1v) is 6.29. The van der Waals surface area contributed by atoms with E-state index < -0.39 is 5.60 Å². The van der Waals surface area contributed by atoms with E-state index in [0.717, 1.165) is 12.2 Å². The molecule has 96 valence electrons. The van der Waals surface area contributed by atoms with Crippen LogP contribution in [0.3, 0.4) is 0 Å². The lowest BCUT2D eigenvalue weighted by Crippen LogP contribution is -2.28. The minimum Gasteiger partial charge on any atom is -0.390 e. The van der Waals surface area contributed by atoms with Crippen LogP contribution in [0.15, 0.2) is 42.7 Å². The molecular formula is C15H20N2O. The lowest BCUT2D eigenvalue weighted by Gasteiger charge is -2.23. The van der Waals surface area contributed by atoms with Crippen molar-refractivity contribution in [1.82, 2.24) is 9.55 Å². The Balaban J connectivity index is 1.93. The number of nitrogens with zero attached hydrogens (tertiary/aromatic N) is 2. The summed E-state index contributed by atoms with van der Waals surface area (Å²) in [6.07, 6.45) is 5.91. The van der Waals surface area contributed by atoms with Gasteiger partial charge in [0.2, 0.25) is 0 Å². The van der Waals surface area contributed by atoms with E-state index in [2.05, 4.69) is 17.1 Å². The second-order valence-electron chi connectivity index (χ2n) is 5.11. The summed E-state index contributed by atoms with van der Waals surface area (Å²) in [5.74, 6) is 1.02. The van der Waals surface area contributed by atoms with Gasteiger partial charge in [-0.3, -0.25) is 0 Å². The SMILES string of the molecule is Cn1ccnc1CCC(C)(O)Cc1ccccc1. The highest BCUT2D eigenvalue weighted by atomic mass is 16.3. The predicted molar refractivity (Wildman–Crippen MR) is 72.3 cm³/mol. The van der Waals surface area contributed by atoms with Crippen molar-refractivity contribution in [3.05, 3.63) is 54.1 Å². The fourth-order valence-corrected chi connectivity index (χ4v) is 2.14. The van der Waals surface area contributed by atoms with Gasteiger partial charge >= 0.3 is 0 Å². The highest BCUT2D eigenvalue weighted by molar-refractivity contribution is 5.16. The molecule has 1 aromatic carbocycles. The molecule has 0 aliphatic heterocycles. The molecule has 0 radical (unpaired) electrons. The molecule has 0 saturated carbocycles. The number of hydrogen-bond donors (Lipinski definition) is 1. The summed E-state index contributed by atoms with van der Waals surface area (Å²) in [6.45, 7) is 1.89. The summed E-state index contributed by atoms with van der Waals surface area (Å²) >= 11 is 0. The van der Waals surface area contributed by atoms with Gasteiger partial charge in [-0.2, -0.15) is 0 Å². The first-order chi connectivity index (χ1) is 8.57. The zero-order chi connectivity index (χ0) is 13.0. The second kappa shape index (κ2) is 5.36. The smallest absolute Gasteiger partial charge is 0.108 e. The van der Waals surface area contributed by atoms with Gasteiger partial charge in [0.1, 0.15) is 5.82 Å². The molecule has 1 atom stereocenters. The molecule has 1 heterocycles. The molecular weight excluding hydrogens is 224 g/mol. The first-order valence-electron chi connectivity index (χ1n) is 6.29. The van der Waals surface area contributed by atoms with E-state index in [-0.39, 0.29) is 0 Å². The summed E-state index contributed by atoms with van der Waals surface area (Å²) in [5.41, 5.74) is 0.482. The highest BCUT2D eigenvalue weighted by Crippen LogP contribution is 2.18. The van der Waals surface area contributed by atoms with Crippen LogP contribution in [-0.4, -0.2) is 20.3 Å². The van der Waals surface area contributed by atoms with Crippen molar-refractivity contribution in [2.75, 3.05) is 0 Å². The highest BCUT2D eigenvalue weighted by Gasteiger charge is 2.21. The van der Waals surface area contributed by atoms with Crippen LogP contribution in [0.4, 0.5) is 0 Å². The summed E-state index contributed by atoms with van der Waals surface area (Å²) in [5, 5.41) is 10.4. The number of imidazole rings is 1. The largest absolute Gasteiger partial charge is 0.390 e. The Bertz CT molecular complexity index is 488. The molecule has 0 saturated heterocycles. The number of aromatic nitrogens is 2. The van der Waals surface area contributed by atoms with E-state index in [1.54, 1.807) is 6.20 Å². The zero-order valence-corrected chi connectivity index (χ0v) is 11.0. The Kier molecular flexibility index (Phi) is 3.82. The van der Waals surface area contributed by atoms with Crippen LogP contribution in [0.5, 0.6) is 0 Å². The lowest BCUT2D eigenvalue weighted by molar-refractivity contribution is 0.0509. The average Bonchev–Trinajstić information content (AvgIpc) is 2.73. The van der Waals surface area contributed by atoms with Gasteiger partial charge in [0.25, 0.3) is 0 Å². The first kappa shape index (κ1) is 12.8. The van der Waals surface area contributed by atoms with Gasteiger partial charge in [0, 0.05) is 32.3 Å². The van der Waals surface area contributed by atoms with Crippen molar-refractivity contribution in [2.45, 2.75) is 31.8 Å². The Morgan fingerprint density at radius 2 is 2.00 bits per heavy atom. The van der Waals surface area contributed by atoms with Gasteiger partial charge in [-0.05, 0) is 18.9 Å². The van der Waals surface area contributed by atoms with Crippen molar-refractivity contribution in [3.63, 3.8) is 0 Å². The third-order valence-electron chi connectivity index (χ3n) is 3.24. The normalized spacial score (nSPS) is 14.4. The predicted octanol–water partition coefficient (Wildman–Crippen LogP) is 2.35. The molecule has 3 nitrogen and oxygen atoms in total. The molecule has 0 spiro atoms. The maximum Gasteiger partial charge on any atom is 0.108 e. The maximum atomic E-state index is 10.4. The third-order valence-corrected chi connectivity index (χ3v) is 3.24. The molecule has 1 unspecified atom stereocenters. The molecule has 1 N–H and O–H groups in total. The van der Waals surface area contributed by atoms with Crippen LogP contribution >= 0.6 is 0 Å². The van der Waals surface area contributed by atoms with Crippen molar-refractivity contribution < 1.29 is 5.11 Å². The van der Waals surface area contributed by atoms with Crippen LogP contribution in [0.1, 0.15) is 24.7 Å². The van der Waals surface area contributed by atoms with Crippen LogP contribution in [0.25, 0.3) is 0 Å². The quantitative estimate of drug-likeness (QED) is 0.876. The molecule has 2 rings (SSSR count). The van der Waals surface area contributed by atoms with Crippen molar-refractivity contribution in [2.24, 2.45) is 7.05 Å². The zero-order valence-electron chi connectivity index (χ0n) is 11.0. The second-order valence-corrected chi connectivity index (χ2v) is 5.11. The molecule has 0 amide bonds. The molecule has 2 aromatic rings. The van der Waals surface area contributed by atoms with Gasteiger partial charge < -0.3 is 9.67 Å². The van der Waals surface area contributed by atoms with Crippen molar-refractivity contribution in [1.29, 1.82) is 0 Å². The molecule has 0 aliphatic rings. The number of aryl methyl sites for hydroxylation is 2. The molecule has 0 aliphatic carbocycles. The number of aliphatic hydroxyl groups is 1. The van der Waals surface area contributed by atoms with Gasteiger partial charge in [0.15, 0.2) is 0 Å². The Morgan fingerprint density at radius 1 is 1.28 bits per heavy atom. The number of rotatable bonds is 5. The van der Waals surface area contributed by atoms with Crippen molar-refractivity contribution >= 4 is 0 Å². The standard InChI is InChI=1S/C15H20N2O/c1-15(18,12-13-6-4-3-5-7-13)9-8-14-16-10-11-17(14)2/h3-7,10-11,18H,8-9,12H2,1-2H3. The van der Waals surface area contributed by atoms with Crippen LogP contribution in [0, 0.1) is 0 Å². The summed E-state index contributed by atoms with van der Waals surface area (Å²) < 4.78 is 2.00. The van der Waals surface area contributed by atoms with E-state index in [0.29, 0.717) is 12.8 Å². The molecule has 18 heavy (non-hydrogen) atoms. The molecule has 0 bridgehead atoms. The van der Waals surface area contributed by atoms with E-state index >= 15 is 0 Å². The monoisotopic (exact) mass is 244 g/mol. The van der Waals surface area contributed by atoms with Gasteiger partial charge in [-0.1, -0.05) is 30.3 Å². The topological polar surface area (TPSA) is 38.0 Å². The van der Waals surface area contributed by atoms with Crippen molar-refractivity contribution in [3.8, 4) is 0 Å². The minimum absolute atomic E-state index is 0.679. The van der Waals surface area contributed by atoms with E-state index in [1.165, 1.54) is 5.56 Å². The van der Waals surface area contributed by atoms with E-state index in [1.807, 2.05) is 42.9 Å². The summed E-state index contributed by atoms with van der Waals surface area (Å²) in [7, 11) is 1.98. The van der Waals surface area contributed by atoms with Gasteiger partial charge in [-0.15, -0.1) is 0 Å². The van der Waals surface area contributed by atoms with Crippen LogP contribution in [0.2, 0.25) is 0 Å². The van der Waals surface area contributed by atoms with E-state index in [9.17, 15) is 5.11 Å². The maximum absolute atomic E-state index is 10.4. The van der Waals surface area contributed by atoms with E-state index in [4.69, 9.17) is 0 Å².